The van der Waals surface area contributed by atoms with Gasteiger partial charge in [0, 0.05) is 12.5 Å². The molecule has 0 aliphatic carbocycles. The smallest absolute Gasteiger partial charge is 0.406 e. The average molecular weight is 343 g/mol. The molecule has 0 aliphatic rings. The Morgan fingerprint density at radius 3 is 2.56 bits per heavy atom. The molecule has 0 aliphatic heterocycles. The van der Waals surface area contributed by atoms with Gasteiger partial charge in [-0.3, -0.25) is 9.59 Å². The fourth-order valence-corrected chi connectivity index (χ4v) is 2.13. The Morgan fingerprint density at radius 1 is 1.24 bits per heavy atom. The molecule has 1 heterocycles. The molecule has 8 heteroatoms. The van der Waals surface area contributed by atoms with Crippen molar-refractivity contribution in [3.8, 4) is 5.75 Å². The van der Waals surface area contributed by atoms with Crippen LogP contribution in [0.4, 0.5) is 11.5 Å². The van der Waals surface area contributed by atoms with Crippen molar-refractivity contribution < 1.29 is 19.2 Å². The van der Waals surface area contributed by atoms with E-state index >= 15 is 0 Å². The maximum Gasteiger partial charge on any atom is 0.406 e. The van der Waals surface area contributed by atoms with Crippen LogP contribution >= 0.6 is 0 Å². The maximum atomic E-state index is 12.3. The molecule has 1 aromatic carbocycles. The Labute approximate surface area is 144 Å². The number of hydrogen-bond donors (Lipinski definition) is 1. The van der Waals surface area contributed by atoms with Crippen molar-refractivity contribution in [2.45, 2.75) is 26.9 Å². The van der Waals surface area contributed by atoms with Crippen molar-refractivity contribution in [2.75, 3.05) is 5.32 Å². The summed E-state index contributed by atoms with van der Waals surface area (Å²) in [5, 5.41) is 13.7. The van der Waals surface area contributed by atoms with Crippen LogP contribution in [0.1, 0.15) is 29.9 Å². The van der Waals surface area contributed by atoms with Gasteiger partial charge in [0.25, 0.3) is 5.91 Å². The summed E-state index contributed by atoms with van der Waals surface area (Å²) in [7, 11) is 0. The zero-order valence-corrected chi connectivity index (χ0v) is 14.0. The lowest BCUT2D eigenvalue weighted by Crippen LogP contribution is -2.31. The fourth-order valence-electron chi connectivity index (χ4n) is 2.13. The van der Waals surface area contributed by atoms with E-state index in [1.165, 1.54) is 19.9 Å². The van der Waals surface area contributed by atoms with Gasteiger partial charge in [-0.25, -0.2) is 0 Å². The summed E-state index contributed by atoms with van der Waals surface area (Å²) in [6.07, 6.45) is -1.02. The van der Waals surface area contributed by atoms with Gasteiger partial charge in [-0.15, -0.1) is 0 Å². The van der Waals surface area contributed by atoms with E-state index in [1.807, 2.05) is 0 Å². The Bertz CT molecular complexity index is 835. The summed E-state index contributed by atoms with van der Waals surface area (Å²) in [6.45, 7) is 4.47. The molecule has 8 nitrogen and oxygen atoms in total. The lowest BCUT2D eigenvalue weighted by Gasteiger charge is -2.15. The third-order valence-electron chi connectivity index (χ3n) is 3.39. The van der Waals surface area contributed by atoms with Crippen LogP contribution in [-0.2, 0) is 4.79 Å². The highest BCUT2D eigenvalue weighted by atomic mass is 16.6. The normalized spacial score (nSPS) is 11.5. The van der Waals surface area contributed by atoms with Crippen LogP contribution in [0.5, 0.6) is 5.75 Å². The van der Waals surface area contributed by atoms with Crippen molar-refractivity contribution in [3.05, 3.63) is 57.8 Å². The minimum absolute atomic E-state index is 0.0990. The molecule has 0 radical (unpaired) electrons. The van der Waals surface area contributed by atoms with Crippen LogP contribution in [-0.4, -0.2) is 27.7 Å². The molecule has 0 fully saturated rings. The molecule has 2 rings (SSSR count). The molecule has 130 valence electrons. The fraction of sp³-hybridized carbons (Fsp3) is 0.235. The summed E-state index contributed by atoms with van der Waals surface area (Å²) in [4.78, 5) is 38.1. The number of pyridine rings is 1. The number of ether oxygens (including phenoxy) is 1. The highest BCUT2D eigenvalue weighted by Crippen LogP contribution is 2.26. The Kier molecular flexibility index (Phi) is 5.43. The topological polar surface area (TPSA) is 111 Å². The molecule has 0 bridgehead atoms. The molecule has 1 amide bonds. The van der Waals surface area contributed by atoms with Crippen molar-refractivity contribution in [1.82, 2.24) is 4.98 Å². The summed E-state index contributed by atoms with van der Waals surface area (Å²) < 4.78 is 5.39. The number of anilines is 1. The zero-order chi connectivity index (χ0) is 18.6. The predicted octanol–water partition coefficient (Wildman–Crippen LogP) is 2.91. The first-order valence-corrected chi connectivity index (χ1v) is 7.49. The van der Waals surface area contributed by atoms with Crippen LogP contribution in [0, 0.1) is 17.0 Å². The van der Waals surface area contributed by atoms with Crippen molar-refractivity contribution in [3.63, 3.8) is 0 Å². The second-order valence-electron chi connectivity index (χ2n) is 5.38. The number of nitrogens with zero attached hydrogens (tertiary/aromatic N) is 2. The number of carbonyl (C=O) groups is 2. The molecule has 1 atom stereocenters. The third kappa shape index (κ3) is 4.37. The number of aryl methyl sites for hydroxylation is 1. The van der Waals surface area contributed by atoms with E-state index in [1.54, 1.807) is 37.3 Å². The average Bonchev–Trinajstić information content (AvgIpc) is 2.56. The van der Waals surface area contributed by atoms with Gasteiger partial charge in [0.2, 0.25) is 5.75 Å². The second kappa shape index (κ2) is 7.52. The predicted molar refractivity (Wildman–Crippen MR) is 90.8 cm³/mol. The lowest BCUT2D eigenvalue weighted by atomic mass is 10.1. The highest BCUT2D eigenvalue weighted by Gasteiger charge is 2.23. The van der Waals surface area contributed by atoms with Gasteiger partial charge in [-0.2, -0.15) is 0 Å². The van der Waals surface area contributed by atoms with Gasteiger partial charge in [0.05, 0.1) is 5.69 Å². The van der Waals surface area contributed by atoms with Crippen molar-refractivity contribution in [2.24, 2.45) is 0 Å². The number of para-hydroxylation sites is 1. The van der Waals surface area contributed by atoms with E-state index in [-0.39, 0.29) is 11.5 Å². The molecule has 0 saturated heterocycles. The van der Waals surface area contributed by atoms with E-state index in [0.717, 1.165) is 0 Å². The molecule has 25 heavy (non-hydrogen) atoms. The van der Waals surface area contributed by atoms with Gasteiger partial charge < -0.3 is 20.2 Å². The van der Waals surface area contributed by atoms with Crippen LogP contribution in [0.25, 0.3) is 0 Å². The van der Waals surface area contributed by atoms with E-state index in [4.69, 9.17) is 4.74 Å². The summed E-state index contributed by atoms with van der Waals surface area (Å²) >= 11 is 0. The molecular weight excluding hydrogens is 326 g/mol. The first-order chi connectivity index (χ1) is 11.8. The van der Waals surface area contributed by atoms with Crippen LogP contribution in [0.3, 0.4) is 0 Å². The molecule has 1 aromatic heterocycles. The largest absolute Gasteiger partial charge is 0.473 e. The molecule has 0 saturated carbocycles. The number of Topliss-reactive ketones (excluding diaryl/α,β-unsaturated/α-hetero) is 1. The first kappa shape index (κ1) is 18.1. The van der Waals surface area contributed by atoms with Gasteiger partial charge in [-0.05, 0) is 48.0 Å². The number of ketones is 1. The monoisotopic (exact) mass is 343 g/mol. The van der Waals surface area contributed by atoms with Gasteiger partial charge in [0.1, 0.15) is 5.69 Å². The highest BCUT2D eigenvalue weighted by molar-refractivity contribution is 6.04. The van der Waals surface area contributed by atoms with E-state index < -0.39 is 22.8 Å². The van der Waals surface area contributed by atoms with E-state index in [2.05, 4.69) is 10.3 Å². The summed E-state index contributed by atoms with van der Waals surface area (Å²) in [5.41, 5.74) is 1.18. The maximum absolute atomic E-state index is 12.3. The van der Waals surface area contributed by atoms with E-state index in [9.17, 15) is 19.7 Å². The second-order valence-corrected chi connectivity index (χ2v) is 5.38. The molecule has 1 N–H and O–H groups in total. The van der Waals surface area contributed by atoms with Crippen molar-refractivity contribution in [1.29, 1.82) is 0 Å². The minimum Gasteiger partial charge on any atom is -0.473 e. The zero-order valence-electron chi connectivity index (χ0n) is 14.0. The summed E-state index contributed by atoms with van der Waals surface area (Å²) in [6, 6.07) is 9.51. The minimum atomic E-state index is -1.02. The SMILES string of the molecule is CC(=O)c1ccccc1NC(=O)[C@H](C)Oc1ccc(C)nc1[N+](=O)[O-]. The van der Waals surface area contributed by atoms with E-state index in [0.29, 0.717) is 16.9 Å². The quantitative estimate of drug-likeness (QED) is 0.490. The first-order valence-electron chi connectivity index (χ1n) is 7.49. The lowest BCUT2D eigenvalue weighted by molar-refractivity contribution is -0.390. The number of benzene rings is 1. The van der Waals surface area contributed by atoms with Crippen molar-refractivity contribution >= 4 is 23.2 Å². The number of aromatic nitrogens is 1. The molecule has 0 spiro atoms. The number of hydrogen-bond acceptors (Lipinski definition) is 6. The third-order valence-corrected chi connectivity index (χ3v) is 3.39. The van der Waals surface area contributed by atoms with Crippen LogP contribution in [0.15, 0.2) is 36.4 Å². The van der Waals surface area contributed by atoms with Gasteiger partial charge in [0.15, 0.2) is 11.9 Å². The number of nitrogens with one attached hydrogen (secondary N) is 1. The Hall–Kier alpha value is -3.29. The van der Waals surface area contributed by atoms with Crippen LogP contribution in [0.2, 0.25) is 0 Å². The molecule has 0 unspecified atom stereocenters. The number of amides is 1. The van der Waals surface area contributed by atoms with Gasteiger partial charge >= 0.3 is 5.82 Å². The van der Waals surface area contributed by atoms with Gasteiger partial charge in [-0.1, -0.05) is 12.1 Å². The summed E-state index contributed by atoms with van der Waals surface area (Å²) in [5.74, 6) is -1.28. The number of carbonyl (C=O) groups excluding carboxylic acids is 2. The number of nitro groups is 1. The Balaban J connectivity index is 2.17. The standard InChI is InChI=1S/C17H17N3O5/c1-10-8-9-15(16(18-10)20(23)24)25-12(3)17(22)19-14-7-5-4-6-13(14)11(2)21/h4-9,12H,1-3H3,(H,19,22)/t12-/m0/s1. The molecule has 2 aromatic rings. The molecular formula is C17H17N3O5. The number of rotatable bonds is 6. The Morgan fingerprint density at radius 2 is 1.92 bits per heavy atom. The van der Waals surface area contributed by atoms with Crippen LogP contribution < -0.4 is 10.1 Å².